The van der Waals surface area contributed by atoms with E-state index in [0.29, 0.717) is 0 Å². The zero-order valence-electron chi connectivity index (χ0n) is 11.5. The van der Waals surface area contributed by atoms with Gasteiger partial charge in [0.2, 0.25) is 0 Å². The van der Waals surface area contributed by atoms with Crippen LogP contribution in [0, 0.1) is 0 Å². The van der Waals surface area contributed by atoms with Crippen molar-refractivity contribution in [1.82, 2.24) is 0 Å². The lowest BCUT2D eigenvalue weighted by Crippen LogP contribution is -2.25. The van der Waals surface area contributed by atoms with Crippen molar-refractivity contribution >= 4 is 5.69 Å². The van der Waals surface area contributed by atoms with Gasteiger partial charge in [-0.3, -0.25) is 0 Å². The van der Waals surface area contributed by atoms with Crippen LogP contribution in [0.15, 0.2) is 18.2 Å². The fourth-order valence-corrected chi connectivity index (χ4v) is 1.68. The van der Waals surface area contributed by atoms with Crippen molar-refractivity contribution in [3.8, 4) is 5.75 Å². The van der Waals surface area contributed by atoms with Crippen molar-refractivity contribution in [1.29, 1.82) is 0 Å². The molecule has 1 aromatic carbocycles. The number of hydrogen-bond acceptors (Lipinski definition) is 3. The number of anilines is 1. The second-order valence-electron chi connectivity index (χ2n) is 5.52. The Hall–Kier alpha value is -1.22. The molecule has 0 aromatic heterocycles. The second kappa shape index (κ2) is 5.41. The van der Waals surface area contributed by atoms with Crippen LogP contribution in [0.4, 0.5) is 5.69 Å². The first-order valence-corrected chi connectivity index (χ1v) is 6.02. The van der Waals surface area contributed by atoms with Crippen LogP contribution in [0.3, 0.4) is 0 Å². The molecule has 0 heterocycles. The highest BCUT2D eigenvalue weighted by atomic mass is 16.5. The summed E-state index contributed by atoms with van der Waals surface area (Å²) in [6, 6.07) is 6.32. The summed E-state index contributed by atoms with van der Waals surface area (Å²) in [4.78, 5) is 0. The predicted molar refractivity (Wildman–Crippen MR) is 73.8 cm³/mol. The molecule has 0 aliphatic rings. The van der Waals surface area contributed by atoms with Crippen LogP contribution in [-0.2, 0) is 5.41 Å². The average Bonchev–Trinajstić information content (AvgIpc) is 2.24. The Morgan fingerprint density at radius 2 is 2.00 bits per heavy atom. The topological polar surface area (TPSA) is 47.3 Å². The van der Waals surface area contributed by atoms with E-state index in [1.165, 1.54) is 5.56 Å². The zero-order valence-corrected chi connectivity index (χ0v) is 11.5. The fraction of sp³-hybridized carbons (Fsp3) is 0.571. The molecule has 3 heteroatoms. The minimum absolute atomic E-state index is 0.0668. The summed E-state index contributed by atoms with van der Waals surface area (Å²) in [7, 11) is 1.71. The van der Waals surface area contributed by atoms with Crippen molar-refractivity contribution in [2.75, 3.05) is 19.0 Å². The van der Waals surface area contributed by atoms with Gasteiger partial charge in [0.25, 0.3) is 0 Å². The van der Waals surface area contributed by atoms with E-state index < -0.39 is 0 Å². The van der Waals surface area contributed by atoms with Crippen molar-refractivity contribution in [2.24, 2.45) is 5.73 Å². The second-order valence-corrected chi connectivity index (χ2v) is 5.52. The molecule has 1 aromatic rings. The minimum Gasteiger partial charge on any atom is -0.496 e. The highest BCUT2D eigenvalue weighted by molar-refractivity contribution is 5.53. The average molecular weight is 236 g/mol. The molecule has 0 aliphatic heterocycles. The lowest BCUT2D eigenvalue weighted by Gasteiger charge is -2.23. The molecular weight excluding hydrogens is 212 g/mol. The first-order chi connectivity index (χ1) is 7.84. The molecule has 0 saturated carbocycles. The molecule has 0 bridgehead atoms. The first kappa shape index (κ1) is 13.8. The van der Waals surface area contributed by atoms with Gasteiger partial charge in [0.15, 0.2) is 0 Å². The van der Waals surface area contributed by atoms with Crippen molar-refractivity contribution in [2.45, 2.75) is 39.2 Å². The van der Waals surface area contributed by atoms with E-state index in [0.717, 1.165) is 18.0 Å². The van der Waals surface area contributed by atoms with Crippen LogP contribution < -0.4 is 15.8 Å². The van der Waals surface area contributed by atoms with Gasteiger partial charge < -0.3 is 15.8 Å². The molecule has 0 fully saturated rings. The van der Waals surface area contributed by atoms with E-state index in [-0.39, 0.29) is 11.5 Å². The fourth-order valence-electron chi connectivity index (χ4n) is 1.68. The summed E-state index contributed by atoms with van der Waals surface area (Å²) >= 11 is 0. The summed E-state index contributed by atoms with van der Waals surface area (Å²) in [5.74, 6) is 0.934. The van der Waals surface area contributed by atoms with Gasteiger partial charge in [0.1, 0.15) is 5.75 Å². The standard InChI is InChI=1S/C14H24N2O/c1-10(15)9-16-11-6-7-13(17-5)12(8-11)14(2,3)4/h6-8,10,16H,9,15H2,1-5H3. The van der Waals surface area contributed by atoms with Gasteiger partial charge in [-0.2, -0.15) is 0 Å². The van der Waals surface area contributed by atoms with Crippen LogP contribution in [-0.4, -0.2) is 19.7 Å². The molecule has 96 valence electrons. The van der Waals surface area contributed by atoms with E-state index in [1.807, 2.05) is 19.1 Å². The minimum atomic E-state index is 0.0668. The molecule has 0 amide bonds. The Labute approximate surface area is 104 Å². The Balaban J connectivity index is 2.97. The van der Waals surface area contributed by atoms with Crippen LogP contribution >= 0.6 is 0 Å². The highest BCUT2D eigenvalue weighted by Gasteiger charge is 2.19. The molecule has 1 atom stereocenters. The smallest absolute Gasteiger partial charge is 0.122 e. The Morgan fingerprint density at radius 1 is 1.35 bits per heavy atom. The number of nitrogens with two attached hydrogens (primary N) is 1. The summed E-state index contributed by atoms with van der Waals surface area (Å²) < 4.78 is 5.40. The number of benzene rings is 1. The van der Waals surface area contributed by atoms with Gasteiger partial charge in [-0.1, -0.05) is 20.8 Å². The monoisotopic (exact) mass is 236 g/mol. The molecule has 0 radical (unpaired) electrons. The first-order valence-electron chi connectivity index (χ1n) is 6.02. The van der Waals surface area contributed by atoms with Gasteiger partial charge in [0.05, 0.1) is 7.11 Å². The third-order valence-electron chi connectivity index (χ3n) is 2.64. The van der Waals surface area contributed by atoms with E-state index in [2.05, 4.69) is 32.2 Å². The molecule has 3 nitrogen and oxygen atoms in total. The third kappa shape index (κ3) is 3.93. The molecule has 0 aliphatic carbocycles. The largest absolute Gasteiger partial charge is 0.496 e. The SMILES string of the molecule is COc1ccc(NCC(C)N)cc1C(C)(C)C. The van der Waals surface area contributed by atoms with E-state index in [9.17, 15) is 0 Å². The van der Waals surface area contributed by atoms with E-state index >= 15 is 0 Å². The lowest BCUT2D eigenvalue weighted by atomic mass is 9.86. The summed E-state index contributed by atoms with van der Waals surface area (Å²) in [5.41, 5.74) is 8.09. The Bertz CT molecular complexity index is 367. The summed E-state index contributed by atoms with van der Waals surface area (Å²) in [6.45, 7) is 9.30. The molecule has 1 rings (SSSR count). The van der Waals surface area contributed by atoms with Crippen LogP contribution in [0.2, 0.25) is 0 Å². The van der Waals surface area contributed by atoms with Gasteiger partial charge >= 0.3 is 0 Å². The van der Waals surface area contributed by atoms with E-state index in [1.54, 1.807) is 7.11 Å². The zero-order chi connectivity index (χ0) is 13.1. The maximum absolute atomic E-state index is 5.73. The molecular formula is C14H24N2O. The number of methoxy groups -OCH3 is 1. The molecule has 3 N–H and O–H groups in total. The maximum atomic E-state index is 5.73. The lowest BCUT2D eigenvalue weighted by molar-refractivity contribution is 0.397. The van der Waals surface area contributed by atoms with E-state index in [4.69, 9.17) is 10.5 Å². The van der Waals surface area contributed by atoms with Gasteiger partial charge in [-0.25, -0.2) is 0 Å². The molecule has 0 spiro atoms. The quantitative estimate of drug-likeness (QED) is 0.845. The molecule has 1 unspecified atom stereocenters. The van der Waals surface area contributed by atoms with Gasteiger partial charge in [-0.15, -0.1) is 0 Å². The third-order valence-corrected chi connectivity index (χ3v) is 2.64. The number of ether oxygens (including phenoxy) is 1. The Kier molecular flexibility index (Phi) is 4.40. The van der Waals surface area contributed by atoms with Crippen molar-refractivity contribution < 1.29 is 4.74 Å². The summed E-state index contributed by atoms with van der Waals surface area (Å²) in [6.07, 6.45) is 0. The van der Waals surface area contributed by atoms with Crippen molar-refractivity contribution in [3.05, 3.63) is 23.8 Å². The molecule has 0 saturated heterocycles. The van der Waals surface area contributed by atoms with Crippen molar-refractivity contribution in [3.63, 3.8) is 0 Å². The van der Waals surface area contributed by atoms with Crippen LogP contribution in [0.1, 0.15) is 33.3 Å². The molecule has 17 heavy (non-hydrogen) atoms. The van der Waals surface area contributed by atoms with Crippen LogP contribution in [0.25, 0.3) is 0 Å². The number of rotatable bonds is 4. The Morgan fingerprint density at radius 3 is 2.47 bits per heavy atom. The maximum Gasteiger partial charge on any atom is 0.122 e. The highest BCUT2D eigenvalue weighted by Crippen LogP contribution is 2.33. The predicted octanol–water partition coefficient (Wildman–Crippen LogP) is 2.75. The number of hydrogen-bond donors (Lipinski definition) is 2. The van der Waals surface area contributed by atoms with Crippen LogP contribution in [0.5, 0.6) is 5.75 Å². The van der Waals surface area contributed by atoms with Gasteiger partial charge in [-0.05, 0) is 30.5 Å². The van der Waals surface area contributed by atoms with Gasteiger partial charge in [0, 0.05) is 23.8 Å². The summed E-state index contributed by atoms with van der Waals surface area (Å²) in [5, 5.41) is 3.33. The number of nitrogens with one attached hydrogen (secondary N) is 1. The normalized spacial score (nSPS) is 13.3.